The molecule has 3 aromatic rings. The number of carbonyl (C=O) groups excluding carboxylic acids is 1. The number of aliphatic hydroxyl groups excluding tert-OH is 1. The number of halogens is 1. The molecule has 1 atom stereocenters. The number of pyridine rings is 1. The molecule has 114 valence electrons. The van der Waals surface area contributed by atoms with E-state index in [-0.39, 0.29) is 12.5 Å². The molecule has 0 aromatic carbocycles. The Morgan fingerprint density at radius 3 is 3.09 bits per heavy atom. The van der Waals surface area contributed by atoms with Crippen LogP contribution in [-0.2, 0) is 0 Å². The van der Waals surface area contributed by atoms with Crippen molar-refractivity contribution in [2.24, 2.45) is 0 Å². The summed E-state index contributed by atoms with van der Waals surface area (Å²) in [7, 11) is 0. The molecule has 0 bridgehead atoms. The Kier molecular flexibility index (Phi) is 4.23. The summed E-state index contributed by atoms with van der Waals surface area (Å²) >= 11 is 7.34. The first-order valence-corrected chi connectivity index (χ1v) is 7.71. The molecular formula is C13H12ClN5O2S. The van der Waals surface area contributed by atoms with Crippen molar-refractivity contribution in [3.05, 3.63) is 45.7 Å². The van der Waals surface area contributed by atoms with Gasteiger partial charge in [0.25, 0.3) is 5.95 Å². The Morgan fingerprint density at radius 1 is 1.45 bits per heavy atom. The van der Waals surface area contributed by atoms with E-state index in [1.807, 2.05) is 16.8 Å². The quantitative estimate of drug-likeness (QED) is 0.681. The minimum Gasteiger partial charge on any atom is -0.387 e. The van der Waals surface area contributed by atoms with Gasteiger partial charge >= 0.3 is 6.03 Å². The Bertz CT molecular complexity index is 789. The van der Waals surface area contributed by atoms with Gasteiger partial charge in [0.2, 0.25) is 0 Å². The predicted octanol–water partition coefficient (Wildman–Crippen LogP) is 2.30. The van der Waals surface area contributed by atoms with Gasteiger partial charge in [-0.15, -0.1) is 5.10 Å². The molecule has 3 heterocycles. The van der Waals surface area contributed by atoms with Crippen LogP contribution in [0.25, 0.3) is 5.65 Å². The van der Waals surface area contributed by atoms with Gasteiger partial charge in [0.05, 0.1) is 11.1 Å². The number of rotatable bonds is 4. The molecule has 9 heteroatoms. The minimum atomic E-state index is -0.746. The SMILES string of the molecule is O=C(NC[C@@H](O)c1ccsc1)Nc1nc2ccc(Cl)cn2n1. The molecule has 0 saturated carbocycles. The first-order valence-electron chi connectivity index (χ1n) is 6.39. The van der Waals surface area contributed by atoms with Gasteiger partial charge in [-0.05, 0) is 34.5 Å². The summed E-state index contributed by atoms with van der Waals surface area (Å²) in [5, 5.41) is 23.3. The lowest BCUT2D eigenvalue weighted by atomic mass is 10.2. The second-order valence-electron chi connectivity index (χ2n) is 4.49. The molecule has 3 rings (SSSR count). The Morgan fingerprint density at radius 2 is 2.32 bits per heavy atom. The number of thiophene rings is 1. The molecule has 0 aliphatic carbocycles. The smallest absolute Gasteiger partial charge is 0.321 e. The van der Waals surface area contributed by atoms with E-state index in [2.05, 4.69) is 20.7 Å². The molecule has 0 saturated heterocycles. The van der Waals surface area contributed by atoms with Gasteiger partial charge in [-0.1, -0.05) is 11.6 Å². The zero-order chi connectivity index (χ0) is 15.5. The first kappa shape index (κ1) is 14.8. The fourth-order valence-electron chi connectivity index (χ4n) is 1.83. The van der Waals surface area contributed by atoms with Crippen LogP contribution in [0.5, 0.6) is 0 Å². The molecule has 0 unspecified atom stereocenters. The number of nitrogens with one attached hydrogen (secondary N) is 2. The van der Waals surface area contributed by atoms with Crippen LogP contribution in [0.4, 0.5) is 10.7 Å². The van der Waals surface area contributed by atoms with Crippen LogP contribution < -0.4 is 10.6 Å². The number of hydrogen-bond acceptors (Lipinski definition) is 5. The van der Waals surface area contributed by atoms with Crippen molar-refractivity contribution >= 4 is 40.6 Å². The van der Waals surface area contributed by atoms with Crippen LogP contribution in [-0.4, -0.2) is 32.3 Å². The number of aliphatic hydroxyl groups is 1. The Labute approximate surface area is 134 Å². The molecule has 22 heavy (non-hydrogen) atoms. The largest absolute Gasteiger partial charge is 0.387 e. The first-order chi connectivity index (χ1) is 10.6. The third-order valence-corrected chi connectivity index (χ3v) is 3.83. The van der Waals surface area contributed by atoms with Crippen LogP contribution in [0, 0.1) is 0 Å². The number of amides is 2. The van der Waals surface area contributed by atoms with E-state index in [0.29, 0.717) is 10.7 Å². The van der Waals surface area contributed by atoms with Gasteiger partial charge in [-0.25, -0.2) is 9.31 Å². The lowest BCUT2D eigenvalue weighted by Crippen LogP contribution is -2.32. The molecular weight excluding hydrogens is 326 g/mol. The number of nitrogens with zero attached hydrogens (tertiary/aromatic N) is 3. The maximum Gasteiger partial charge on any atom is 0.321 e. The van der Waals surface area contributed by atoms with Crippen LogP contribution in [0.1, 0.15) is 11.7 Å². The molecule has 0 radical (unpaired) electrons. The number of hydrogen-bond donors (Lipinski definition) is 3. The maximum absolute atomic E-state index is 11.8. The van der Waals surface area contributed by atoms with Crippen LogP contribution >= 0.6 is 22.9 Å². The van der Waals surface area contributed by atoms with Gasteiger partial charge in [0.15, 0.2) is 5.65 Å². The number of anilines is 1. The van der Waals surface area contributed by atoms with Gasteiger partial charge in [0.1, 0.15) is 0 Å². The Balaban J connectivity index is 1.58. The summed E-state index contributed by atoms with van der Waals surface area (Å²) in [5.41, 5.74) is 1.34. The summed E-state index contributed by atoms with van der Waals surface area (Å²) < 4.78 is 1.47. The van der Waals surface area contributed by atoms with Crippen molar-refractivity contribution in [3.8, 4) is 0 Å². The van der Waals surface area contributed by atoms with Crippen molar-refractivity contribution in [2.45, 2.75) is 6.10 Å². The zero-order valence-electron chi connectivity index (χ0n) is 11.2. The van der Waals surface area contributed by atoms with Crippen molar-refractivity contribution in [1.29, 1.82) is 0 Å². The molecule has 2 amide bonds. The molecule has 3 N–H and O–H groups in total. The number of urea groups is 1. The fourth-order valence-corrected chi connectivity index (χ4v) is 2.69. The predicted molar refractivity (Wildman–Crippen MR) is 84.3 cm³/mol. The van der Waals surface area contributed by atoms with Gasteiger partial charge in [0, 0.05) is 12.7 Å². The van der Waals surface area contributed by atoms with E-state index in [0.717, 1.165) is 5.56 Å². The summed E-state index contributed by atoms with van der Waals surface area (Å²) in [6, 6.07) is 4.70. The second-order valence-corrected chi connectivity index (χ2v) is 5.71. The van der Waals surface area contributed by atoms with Gasteiger partial charge in [-0.3, -0.25) is 5.32 Å². The second kappa shape index (κ2) is 6.30. The normalized spacial score (nSPS) is 12.3. The molecule has 0 aliphatic heterocycles. The summed E-state index contributed by atoms with van der Waals surface area (Å²) in [6.07, 6.45) is 0.845. The van der Waals surface area contributed by atoms with E-state index in [9.17, 15) is 9.90 Å². The van der Waals surface area contributed by atoms with E-state index < -0.39 is 12.1 Å². The number of carbonyl (C=O) groups is 1. The van der Waals surface area contributed by atoms with Crippen molar-refractivity contribution < 1.29 is 9.90 Å². The Hall–Kier alpha value is -2.16. The standard InChI is InChI=1S/C13H12ClN5O2S/c14-9-1-2-11-16-12(18-19(11)6-9)17-13(21)15-5-10(20)8-3-4-22-7-8/h1-4,6-7,10,20H,5H2,(H2,15,17,18,21)/t10-/m1/s1. The van der Waals surface area contributed by atoms with Gasteiger partial charge < -0.3 is 10.4 Å². The van der Waals surface area contributed by atoms with Crippen LogP contribution in [0.2, 0.25) is 5.02 Å². The molecule has 0 spiro atoms. The topological polar surface area (TPSA) is 91.5 Å². The third kappa shape index (κ3) is 3.35. The molecule has 0 fully saturated rings. The lowest BCUT2D eigenvalue weighted by Gasteiger charge is -2.10. The highest BCUT2D eigenvalue weighted by Crippen LogP contribution is 2.15. The van der Waals surface area contributed by atoms with Crippen molar-refractivity contribution in [3.63, 3.8) is 0 Å². The fraction of sp³-hybridized carbons (Fsp3) is 0.154. The number of fused-ring (bicyclic) bond motifs is 1. The highest BCUT2D eigenvalue weighted by molar-refractivity contribution is 7.07. The molecule has 7 nitrogen and oxygen atoms in total. The number of aromatic nitrogens is 3. The third-order valence-electron chi connectivity index (χ3n) is 2.90. The van der Waals surface area contributed by atoms with E-state index in [1.54, 1.807) is 18.3 Å². The summed E-state index contributed by atoms with van der Waals surface area (Å²) in [6.45, 7) is 0.0990. The average Bonchev–Trinajstić information content (AvgIpc) is 3.13. The molecule has 3 aromatic heterocycles. The summed E-state index contributed by atoms with van der Waals surface area (Å²) in [4.78, 5) is 15.9. The highest BCUT2D eigenvalue weighted by atomic mass is 35.5. The van der Waals surface area contributed by atoms with Crippen LogP contribution in [0.3, 0.4) is 0 Å². The van der Waals surface area contributed by atoms with Crippen molar-refractivity contribution in [1.82, 2.24) is 19.9 Å². The highest BCUT2D eigenvalue weighted by Gasteiger charge is 2.11. The monoisotopic (exact) mass is 337 g/mol. The van der Waals surface area contributed by atoms with E-state index in [4.69, 9.17) is 11.6 Å². The van der Waals surface area contributed by atoms with Gasteiger partial charge in [-0.2, -0.15) is 16.3 Å². The maximum atomic E-state index is 11.8. The zero-order valence-corrected chi connectivity index (χ0v) is 12.8. The van der Waals surface area contributed by atoms with Crippen LogP contribution in [0.15, 0.2) is 35.2 Å². The van der Waals surface area contributed by atoms with E-state index in [1.165, 1.54) is 15.9 Å². The molecule has 0 aliphatic rings. The van der Waals surface area contributed by atoms with Crippen molar-refractivity contribution in [2.75, 3.05) is 11.9 Å². The lowest BCUT2D eigenvalue weighted by molar-refractivity contribution is 0.175. The van der Waals surface area contributed by atoms with E-state index >= 15 is 0 Å². The minimum absolute atomic E-state index is 0.0990. The average molecular weight is 338 g/mol. The summed E-state index contributed by atoms with van der Waals surface area (Å²) in [5.74, 6) is 0.157.